The zero-order valence-electron chi connectivity index (χ0n) is 14.1. The SMILES string of the molecule is CSc1nc2c(C(=O)NC3CC4CCCC(C3)N4C)cccc2o1. The van der Waals surface area contributed by atoms with E-state index in [9.17, 15) is 4.79 Å². The summed E-state index contributed by atoms with van der Waals surface area (Å²) >= 11 is 1.45. The van der Waals surface area contributed by atoms with Crippen molar-refractivity contribution in [3.63, 3.8) is 0 Å². The first-order valence-electron chi connectivity index (χ1n) is 8.62. The number of para-hydroxylation sites is 1. The van der Waals surface area contributed by atoms with Crippen molar-refractivity contribution in [2.75, 3.05) is 13.3 Å². The summed E-state index contributed by atoms with van der Waals surface area (Å²) in [6.07, 6.45) is 7.82. The quantitative estimate of drug-likeness (QED) is 0.865. The van der Waals surface area contributed by atoms with Gasteiger partial charge in [-0.15, -0.1) is 0 Å². The van der Waals surface area contributed by atoms with Crippen molar-refractivity contribution in [1.82, 2.24) is 15.2 Å². The molecular formula is C18H23N3O2S. The summed E-state index contributed by atoms with van der Waals surface area (Å²) in [5.41, 5.74) is 1.94. The maximum atomic E-state index is 12.8. The smallest absolute Gasteiger partial charge is 0.256 e. The molecule has 2 aromatic rings. The van der Waals surface area contributed by atoms with E-state index in [2.05, 4.69) is 22.2 Å². The minimum atomic E-state index is -0.0332. The van der Waals surface area contributed by atoms with Crippen molar-refractivity contribution in [3.8, 4) is 0 Å². The molecule has 128 valence electrons. The molecule has 0 radical (unpaired) electrons. The maximum absolute atomic E-state index is 12.8. The van der Waals surface area contributed by atoms with Crippen molar-refractivity contribution >= 4 is 28.8 Å². The fraction of sp³-hybridized carbons (Fsp3) is 0.556. The summed E-state index contributed by atoms with van der Waals surface area (Å²) in [7, 11) is 2.23. The van der Waals surface area contributed by atoms with Gasteiger partial charge in [-0.1, -0.05) is 24.2 Å². The van der Waals surface area contributed by atoms with Crippen LogP contribution < -0.4 is 5.32 Å². The number of thioether (sulfide) groups is 1. The average molecular weight is 345 g/mol. The van der Waals surface area contributed by atoms with Crippen molar-refractivity contribution in [1.29, 1.82) is 0 Å². The second-order valence-electron chi connectivity index (χ2n) is 6.88. The Bertz CT molecular complexity index is 746. The van der Waals surface area contributed by atoms with Gasteiger partial charge < -0.3 is 14.6 Å². The highest BCUT2D eigenvalue weighted by Gasteiger charge is 2.36. The predicted octanol–water partition coefficient (Wildman–Crippen LogP) is 3.29. The van der Waals surface area contributed by atoms with Gasteiger partial charge in [-0.25, -0.2) is 4.98 Å². The minimum absolute atomic E-state index is 0.0332. The van der Waals surface area contributed by atoms with Crippen LogP contribution in [0.3, 0.4) is 0 Å². The lowest BCUT2D eigenvalue weighted by Gasteiger charge is -2.47. The number of carbonyl (C=O) groups excluding carboxylic acids is 1. The molecule has 2 atom stereocenters. The molecule has 2 bridgehead atoms. The Hall–Kier alpha value is -1.53. The molecule has 1 N–H and O–H groups in total. The zero-order chi connectivity index (χ0) is 16.7. The van der Waals surface area contributed by atoms with Crippen LogP contribution in [0.2, 0.25) is 0 Å². The van der Waals surface area contributed by atoms with Gasteiger partial charge in [0, 0.05) is 18.1 Å². The van der Waals surface area contributed by atoms with Gasteiger partial charge in [-0.3, -0.25) is 4.79 Å². The Morgan fingerprint density at radius 1 is 1.33 bits per heavy atom. The molecule has 5 nitrogen and oxygen atoms in total. The molecular weight excluding hydrogens is 322 g/mol. The number of benzene rings is 1. The number of aromatic nitrogens is 1. The topological polar surface area (TPSA) is 58.4 Å². The largest absolute Gasteiger partial charge is 0.431 e. The van der Waals surface area contributed by atoms with Gasteiger partial charge >= 0.3 is 0 Å². The van der Waals surface area contributed by atoms with E-state index in [1.165, 1.54) is 31.0 Å². The Morgan fingerprint density at radius 3 is 2.79 bits per heavy atom. The molecule has 2 aliphatic heterocycles. The summed E-state index contributed by atoms with van der Waals surface area (Å²) in [6.45, 7) is 0. The molecule has 2 fully saturated rings. The van der Waals surface area contributed by atoms with Gasteiger partial charge in [0.05, 0.1) is 5.56 Å². The lowest BCUT2D eigenvalue weighted by Crippen LogP contribution is -2.55. The average Bonchev–Trinajstić information content (AvgIpc) is 2.99. The summed E-state index contributed by atoms with van der Waals surface area (Å²) in [6, 6.07) is 7.02. The molecule has 4 rings (SSSR count). The van der Waals surface area contributed by atoms with Gasteiger partial charge in [-0.05, 0) is 51.1 Å². The molecule has 3 heterocycles. The Kier molecular flexibility index (Phi) is 4.26. The number of hydrogen-bond donors (Lipinski definition) is 1. The Labute approximate surface area is 146 Å². The molecule has 24 heavy (non-hydrogen) atoms. The number of fused-ring (bicyclic) bond motifs is 3. The van der Waals surface area contributed by atoms with Gasteiger partial charge in [0.2, 0.25) is 0 Å². The highest BCUT2D eigenvalue weighted by atomic mass is 32.2. The third-order valence-corrected chi connectivity index (χ3v) is 6.02. The van der Waals surface area contributed by atoms with Gasteiger partial charge in [0.1, 0.15) is 5.52 Å². The molecule has 0 saturated carbocycles. The molecule has 1 aromatic heterocycles. The number of piperidine rings is 2. The molecule has 2 aliphatic rings. The van der Waals surface area contributed by atoms with E-state index >= 15 is 0 Å². The number of amides is 1. The Balaban J connectivity index is 1.53. The fourth-order valence-corrected chi connectivity index (χ4v) is 4.55. The van der Waals surface area contributed by atoms with Gasteiger partial charge in [0.15, 0.2) is 5.58 Å². The summed E-state index contributed by atoms with van der Waals surface area (Å²) in [5, 5.41) is 3.85. The van der Waals surface area contributed by atoms with Crippen LogP contribution in [0.5, 0.6) is 0 Å². The zero-order valence-corrected chi connectivity index (χ0v) is 14.9. The molecule has 1 aromatic carbocycles. The molecule has 0 spiro atoms. The second kappa shape index (κ2) is 6.41. The molecule has 1 amide bonds. The first-order chi connectivity index (χ1) is 11.7. The van der Waals surface area contributed by atoms with Crippen LogP contribution >= 0.6 is 11.8 Å². The molecule has 6 heteroatoms. The van der Waals surface area contributed by atoms with Crippen LogP contribution in [0.1, 0.15) is 42.5 Å². The number of hydrogen-bond acceptors (Lipinski definition) is 5. The third-order valence-electron chi connectivity index (χ3n) is 5.49. The number of nitrogens with one attached hydrogen (secondary N) is 1. The fourth-order valence-electron chi connectivity index (χ4n) is 4.20. The van der Waals surface area contributed by atoms with Crippen molar-refractivity contribution in [2.24, 2.45) is 0 Å². The van der Waals surface area contributed by atoms with Crippen LogP contribution in [0, 0.1) is 0 Å². The minimum Gasteiger partial charge on any atom is -0.431 e. The van der Waals surface area contributed by atoms with Crippen molar-refractivity contribution in [3.05, 3.63) is 23.8 Å². The van der Waals surface area contributed by atoms with E-state index in [0.29, 0.717) is 34.0 Å². The van der Waals surface area contributed by atoms with E-state index in [0.717, 1.165) is 12.8 Å². The summed E-state index contributed by atoms with van der Waals surface area (Å²) in [5.74, 6) is -0.0332. The van der Waals surface area contributed by atoms with Crippen LogP contribution in [0.4, 0.5) is 0 Å². The number of oxazole rings is 1. The highest BCUT2D eigenvalue weighted by Crippen LogP contribution is 2.33. The monoisotopic (exact) mass is 345 g/mol. The predicted molar refractivity (Wildman–Crippen MR) is 95.5 cm³/mol. The molecule has 2 saturated heterocycles. The second-order valence-corrected chi connectivity index (χ2v) is 7.64. The first-order valence-corrected chi connectivity index (χ1v) is 9.84. The van der Waals surface area contributed by atoms with Gasteiger partial charge in [0.25, 0.3) is 11.1 Å². The Morgan fingerprint density at radius 2 is 2.08 bits per heavy atom. The van der Waals surface area contributed by atoms with Crippen LogP contribution in [0.25, 0.3) is 11.1 Å². The third kappa shape index (κ3) is 2.82. The van der Waals surface area contributed by atoms with Crippen molar-refractivity contribution in [2.45, 2.75) is 55.5 Å². The lowest BCUT2D eigenvalue weighted by atomic mass is 9.82. The van der Waals surface area contributed by atoms with E-state index in [1.54, 1.807) is 0 Å². The van der Waals surface area contributed by atoms with Crippen molar-refractivity contribution < 1.29 is 9.21 Å². The maximum Gasteiger partial charge on any atom is 0.256 e. The number of rotatable bonds is 3. The number of carbonyl (C=O) groups is 1. The summed E-state index contributed by atoms with van der Waals surface area (Å²) in [4.78, 5) is 19.8. The summed E-state index contributed by atoms with van der Waals surface area (Å²) < 4.78 is 5.64. The van der Waals surface area contributed by atoms with Crippen LogP contribution in [0.15, 0.2) is 27.8 Å². The highest BCUT2D eigenvalue weighted by molar-refractivity contribution is 7.98. The number of nitrogens with zero attached hydrogens (tertiary/aromatic N) is 2. The molecule has 2 unspecified atom stereocenters. The molecule has 0 aliphatic carbocycles. The van der Waals surface area contributed by atoms with E-state index in [1.807, 2.05) is 24.5 Å². The standard InChI is InChI=1S/C18H23N3O2S/c1-21-12-5-3-6-13(21)10-11(9-12)19-17(22)14-7-4-8-15-16(14)20-18(23-15)24-2/h4,7-8,11-13H,3,5-6,9-10H2,1-2H3,(H,19,22). The normalized spacial score (nSPS) is 27.3. The van der Waals surface area contributed by atoms with E-state index in [-0.39, 0.29) is 11.9 Å². The first kappa shape index (κ1) is 16.0. The van der Waals surface area contributed by atoms with E-state index < -0.39 is 0 Å². The van der Waals surface area contributed by atoms with E-state index in [4.69, 9.17) is 4.42 Å². The van der Waals surface area contributed by atoms with Crippen LogP contribution in [-0.2, 0) is 0 Å². The lowest BCUT2D eigenvalue weighted by molar-refractivity contribution is 0.0463. The van der Waals surface area contributed by atoms with Crippen LogP contribution in [-0.4, -0.2) is 47.2 Å². The van der Waals surface area contributed by atoms with Gasteiger partial charge in [-0.2, -0.15) is 0 Å².